The molecule has 0 bridgehead atoms. The summed E-state index contributed by atoms with van der Waals surface area (Å²) in [7, 11) is 0. The van der Waals surface area contributed by atoms with Crippen LogP contribution in [0.1, 0.15) is 12.6 Å². The Morgan fingerprint density at radius 1 is 1.14 bits per heavy atom. The van der Waals surface area contributed by atoms with Crippen molar-refractivity contribution in [3.05, 3.63) is 74.0 Å². The number of aryl methyl sites for hydroxylation is 1. The van der Waals surface area contributed by atoms with Crippen LogP contribution in [0.4, 0.5) is 4.39 Å². The molecule has 0 aliphatic carbocycles. The molecule has 3 rings (SSSR count). The summed E-state index contributed by atoms with van der Waals surface area (Å²) in [6.45, 7) is 2.01. The summed E-state index contributed by atoms with van der Waals surface area (Å²) in [4.78, 5) is 12.8. The number of aromatic nitrogens is 1. The van der Waals surface area contributed by atoms with Crippen LogP contribution in [-0.4, -0.2) is 4.57 Å². The Morgan fingerprint density at radius 2 is 1.95 bits per heavy atom. The highest BCUT2D eigenvalue weighted by atomic mass is 127. The lowest BCUT2D eigenvalue weighted by Crippen LogP contribution is -2.22. The second-order valence-corrected chi connectivity index (χ2v) is 6.09. The summed E-state index contributed by atoms with van der Waals surface area (Å²) in [6, 6.07) is 14.0. The van der Waals surface area contributed by atoms with E-state index in [1.807, 2.05) is 37.3 Å². The monoisotopic (exact) mass is 393 g/mol. The number of pyridine rings is 1. The molecule has 0 fully saturated rings. The van der Waals surface area contributed by atoms with Crippen molar-refractivity contribution in [2.75, 3.05) is 0 Å². The van der Waals surface area contributed by atoms with Crippen molar-refractivity contribution >= 4 is 33.4 Å². The number of nitrogens with zero attached hydrogens (tertiary/aromatic N) is 1. The third kappa shape index (κ3) is 2.60. The maximum absolute atomic E-state index is 13.4. The predicted molar refractivity (Wildman–Crippen MR) is 91.6 cm³/mol. The number of rotatable bonds is 2. The van der Waals surface area contributed by atoms with E-state index in [4.69, 9.17) is 0 Å². The third-order valence-corrected chi connectivity index (χ3v) is 4.16. The molecule has 106 valence electrons. The van der Waals surface area contributed by atoms with Crippen LogP contribution in [0.3, 0.4) is 0 Å². The van der Waals surface area contributed by atoms with E-state index in [9.17, 15) is 9.18 Å². The Labute approximate surface area is 135 Å². The van der Waals surface area contributed by atoms with Gasteiger partial charge in [-0.2, -0.15) is 0 Å². The SMILES string of the molecule is CCc1cc2ccc(F)cc2c(=O)n1-c1cccc(I)c1. The van der Waals surface area contributed by atoms with Gasteiger partial charge in [0, 0.05) is 15.0 Å². The molecular formula is C17H13FINO. The van der Waals surface area contributed by atoms with E-state index in [1.54, 1.807) is 10.6 Å². The van der Waals surface area contributed by atoms with Gasteiger partial charge in [-0.15, -0.1) is 0 Å². The smallest absolute Gasteiger partial charge is 0.263 e. The van der Waals surface area contributed by atoms with Crippen molar-refractivity contribution in [2.45, 2.75) is 13.3 Å². The molecule has 21 heavy (non-hydrogen) atoms. The van der Waals surface area contributed by atoms with Crippen LogP contribution in [0.25, 0.3) is 16.5 Å². The van der Waals surface area contributed by atoms with Gasteiger partial charge in [0.15, 0.2) is 0 Å². The quantitative estimate of drug-likeness (QED) is 0.596. The van der Waals surface area contributed by atoms with Crippen LogP contribution in [0.5, 0.6) is 0 Å². The second-order valence-electron chi connectivity index (χ2n) is 4.84. The van der Waals surface area contributed by atoms with Crippen LogP contribution in [0, 0.1) is 9.39 Å². The second kappa shape index (κ2) is 5.60. The molecule has 2 aromatic carbocycles. The number of halogens is 2. The predicted octanol–water partition coefficient (Wildman–Crippen LogP) is 4.30. The highest BCUT2D eigenvalue weighted by Crippen LogP contribution is 2.19. The van der Waals surface area contributed by atoms with E-state index < -0.39 is 5.82 Å². The minimum Gasteiger partial charge on any atom is -0.281 e. The molecule has 0 aliphatic rings. The van der Waals surface area contributed by atoms with Crippen LogP contribution < -0.4 is 5.56 Å². The van der Waals surface area contributed by atoms with Gasteiger partial charge >= 0.3 is 0 Å². The van der Waals surface area contributed by atoms with Crippen molar-refractivity contribution in [1.82, 2.24) is 4.57 Å². The lowest BCUT2D eigenvalue weighted by atomic mass is 10.1. The lowest BCUT2D eigenvalue weighted by molar-refractivity contribution is 0.629. The highest BCUT2D eigenvalue weighted by Gasteiger charge is 2.11. The number of hydrogen-bond donors (Lipinski definition) is 0. The van der Waals surface area contributed by atoms with E-state index in [-0.39, 0.29) is 5.56 Å². The van der Waals surface area contributed by atoms with Gasteiger partial charge in [-0.3, -0.25) is 9.36 Å². The van der Waals surface area contributed by atoms with Gasteiger partial charge < -0.3 is 0 Å². The Morgan fingerprint density at radius 3 is 2.67 bits per heavy atom. The zero-order valence-electron chi connectivity index (χ0n) is 11.4. The zero-order chi connectivity index (χ0) is 15.0. The average molecular weight is 393 g/mol. The van der Waals surface area contributed by atoms with E-state index in [2.05, 4.69) is 22.6 Å². The Balaban J connectivity index is 2.40. The molecule has 1 aromatic heterocycles. The maximum Gasteiger partial charge on any atom is 0.263 e. The molecule has 0 atom stereocenters. The maximum atomic E-state index is 13.4. The molecule has 1 heterocycles. The molecule has 0 unspecified atom stereocenters. The summed E-state index contributed by atoms with van der Waals surface area (Å²) in [5.41, 5.74) is 1.56. The summed E-state index contributed by atoms with van der Waals surface area (Å²) >= 11 is 2.22. The molecule has 3 aromatic rings. The largest absolute Gasteiger partial charge is 0.281 e. The molecule has 0 aliphatic heterocycles. The van der Waals surface area contributed by atoms with Crippen molar-refractivity contribution in [1.29, 1.82) is 0 Å². The average Bonchev–Trinajstić information content (AvgIpc) is 2.47. The fourth-order valence-corrected chi connectivity index (χ4v) is 3.02. The molecule has 2 nitrogen and oxygen atoms in total. The number of hydrogen-bond acceptors (Lipinski definition) is 1. The van der Waals surface area contributed by atoms with Crippen molar-refractivity contribution in [2.24, 2.45) is 0 Å². The van der Waals surface area contributed by atoms with E-state index in [0.717, 1.165) is 26.8 Å². The molecule has 0 saturated carbocycles. The minimum absolute atomic E-state index is 0.175. The fraction of sp³-hybridized carbons (Fsp3) is 0.118. The molecule has 0 radical (unpaired) electrons. The molecule has 0 amide bonds. The van der Waals surface area contributed by atoms with E-state index >= 15 is 0 Å². The number of benzene rings is 2. The Kier molecular flexibility index (Phi) is 3.80. The van der Waals surface area contributed by atoms with Crippen LogP contribution in [0.2, 0.25) is 0 Å². The van der Waals surface area contributed by atoms with Crippen molar-refractivity contribution in [3.8, 4) is 5.69 Å². The summed E-state index contributed by atoms with van der Waals surface area (Å²) in [5.74, 6) is -0.391. The van der Waals surface area contributed by atoms with Gasteiger partial charge in [0.05, 0.1) is 5.39 Å². The molecule has 0 N–H and O–H groups in total. The number of fused-ring (bicyclic) bond motifs is 1. The van der Waals surface area contributed by atoms with Crippen LogP contribution in [-0.2, 0) is 6.42 Å². The Hall–Kier alpha value is -1.69. The van der Waals surface area contributed by atoms with Gasteiger partial charge in [-0.25, -0.2) is 4.39 Å². The lowest BCUT2D eigenvalue weighted by Gasteiger charge is -2.14. The van der Waals surface area contributed by atoms with E-state index in [1.165, 1.54) is 12.1 Å². The molecular weight excluding hydrogens is 380 g/mol. The first-order chi connectivity index (χ1) is 10.1. The molecule has 4 heteroatoms. The van der Waals surface area contributed by atoms with Crippen molar-refractivity contribution in [3.63, 3.8) is 0 Å². The summed E-state index contributed by atoms with van der Waals surface area (Å²) < 4.78 is 16.2. The first-order valence-corrected chi connectivity index (χ1v) is 7.78. The van der Waals surface area contributed by atoms with Crippen molar-refractivity contribution < 1.29 is 4.39 Å². The minimum atomic E-state index is -0.391. The summed E-state index contributed by atoms with van der Waals surface area (Å²) in [6.07, 6.45) is 0.730. The normalized spacial score (nSPS) is 11.0. The first-order valence-electron chi connectivity index (χ1n) is 6.70. The fourth-order valence-electron chi connectivity index (χ4n) is 2.49. The third-order valence-electron chi connectivity index (χ3n) is 3.49. The topological polar surface area (TPSA) is 22.0 Å². The van der Waals surface area contributed by atoms with Gasteiger partial charge in [0.2, 0.25) is 0 Å². The zero-order valence-corrected chi connectivity index (χ0v) is 13.6. The van der Waals surface area contributed by atoms with Crippen LogP contribution >= 0.6 is 22.6 Å². The van der Waals surface area contributed by atoms with Gasteiger partial charge in [-0.1, -0.05) is 19.1 Å². The molecule has 0 saturated heterocycles. The standard InChI is InChI=1S/C17H13FINO/c1-2-14-8-11-6-7-12(18)9-16(11)17(21)20(14)15-5-3-4-13(19)10-15/h3-10H,2H2,1H3. The van der Waals surface area contributed by atoms with E-state index in [0.29, 0.717) is 5.39 Å². The van der Waals surface area contributed by atoms with Crippen LogP contribution in [0.15, 0.2) is 53.3 Å². The molecule has 0 spiro atoms. The first kappa shape index (κ1) is 14.3. The summed E-state index contributed by atoms with van der Waals surface area (Å²) in [5, 5.41) is 1.19. The van der Waals surface area contributed by atoms with Gasteiger partial charge in [-0.05, 0) is 70.8 Å². The van der Waals surface area contributed by atoms with Gasteiger partial charge in [0.25, 0.3) is 5.56 Å². The van der Waals surface area contributed by atoms with Gasteiger partial charge in [0.1, 0.15) is 5.82 Å². The highest BCUT2D eigenvalue weighted by molar-refractivity contribution is 14.1. The Bertz CT molecular complexity index is 886.